The number of thiophene rings is 1. The molecule has 2 aliphatic rings. The van der Waals surface area contributed by atoms with Crippen molar-refractivity contribution >= 4 is 57.4 Å². The second kappa shape index (κ2) is 8.80. The Labute approximate surface area is 180 Å². The van der Waals surface area contributed by atoms with Crippen LogP contribution in [0.3, 0.4) is 0 Å². The molecule has 4 amide bonds. The Balaban J connectivity index is 1.26. The third-order valence-corrected chi connectivity index (χ3v) is 8.17. The minimum Gasteiger partial charge on any atom is -0.323 e. The minimum atomic E-state index is -0.750. The van der Waals surface area contributed by atoms with Crippen LogP contribution < -0.4 is 10.6 Å². The third-order valence-electron chi connectivity index (χ3n) is 5.09. The predicted molar refractivity (Wildman–Crippen MR) is 113 cm³/mol. The number of nitrogens with zero attached hydrogens (tertiary/aromatic N) is 3. The molecule has 0 atom stereocenters. The summed E-state index contributed by atoms with van der Waals surface area (Å²) in [5.74, 6) is 0.327. The third kappa shape index (κ3) is 4.62. The van der Waals surface area contributed by atoms with Crippen molar-refractivity contribution in [1.82, 2.24) is 20.4 Å². The van der Waals surface area contributed by atoms with E-state index in [4.69, 9.17) is 0 Å². The van der Waals surface area contributed by atoms with Crippen LogP contribution in [0.1, 0.15) is 43.4 Å². The van der Waals surface area contributed by atoms with Crippen LogP contribution in [0.4, 0.5) is 9.93 Å². The van der Waals surface area contributed by atoms with Gasteiger partial charge < -0.3 is 10.6 Å². The summed E-state index contributed by atoms with van der Waals surface area (Å²) < 4.78 is 0.780. The summed E-state index contributed by atoms with van der Waals surface area (Å²) in [6, 6.07) is 3.68. The molecule has 0 bridgehead atoms. The maximum absolute atomic E-state index is 12.7. The van der Waals surface area contributed by atoms with Gasteiger partial charge in [0.1, 0.15) is 5.54 Å². The number of anilines is 1. The van der Waals surface area contributed by atoms with Crippen LogP contribution in [-0.4, -0.2) is 45.0 Å². The highest BCUT2D eigenvalue weighted by atomic mass is 32.2. The number of urea groups is 1. The molecule has 0 unspecified atom stereocenters. The lowest BCUT2D eigenvalue weighted by molar-refractivity contribution is -0.132. The molecule has 1 saturated carbocycles. The van der Waals surface area contributed by atoms with Crippen molar-refractivity contribution < 1.29 is 14.4 Å². The van der Waals surface area contributed by atoms with Crippen molar-refractivity contribution in [3.05, 3.63) is 22.4 Å². The number of hydrogen-bond acceptors (Lipinski definition) is 8. The van der Waals surface area contributed by atoms with Gasteiger partial charge in [0, 0.05) is 23.6 Å². The maximum Gasteiger partial charge on any atom is 0.325 e. The first kappa shape index (κ1) is 20.3. The highest BCUT2D eigenvalue weighted by Gasteiger charge is 2.51. The summed E-state index contributed by atoms with van der Waals surface area (Å²) in [5.41, 5.74) is -0.750. The Kier molecular flexibility index (Phi) is 6.16. The molecule has 1 aliphatic carbocycles. The van der Waals surface area contributed by atoms with Crippen LogP contribution in [0.15, 0.2) is 21.9 Å². The zero-order valence-electron chi connectivity index (χ0n) is 15.7. The van der Waals surface area contributed by atoms with Crippen molar-refractivity contribution in [3.63, 3.8) is 0 Å². The average molecular weight is 452 g/mol. The number of hydrogen-bond donors (Lipinski definition) is 2. The quantitative estimate of drug-likeness (QED) is 0.379. The van der Waals surface area contributed by atoms with Gasteiger partial charge in [0.15, 0.2) is 4.34 Å². The molecule has 1 aliphatic heterocycles. The molecule has 2 aromatic heterocycles. The molecule has 11 heteroatoms. The summed E-state index contributed by atoms with van der Waals surface area (Å²) in [6.07, 6.45) is 4.34. The van der Waals surface area contributed by atoms with Gasteiger partial charge in [-0.05, 0) is 24.3 Å². The molecule has 1 saturated heterocycles. The van der Waals surface area contributed by atoms with Crippen LogP contribution in [-0.2, 0) is 15.3 Å². The lowest BCUT2D eigenvalue weighted by Gasteiger charge is -2.30. The molecule has 2 aromatic rings. The van der Waals surface area contributed by atoms with Gasteiger partial charge in [0.05, 0.1) is 0 Å². The lowest BCUT2D eigenvalue weighted by Crippen LogP contribution is -2.48. The monoisotopic (exact) mass is 451 g/mol. The number of nitrogens with one attached hydrogen (secondary N) is 2. The number of amides is 4. The second-order valence-electron chi connectivity index (χ2n) is 7.07. The van der Waals surface area contributed by atoms with E-state index in [2.05, 4.69) is 26.9 Å². The molecule has 154 valence electrons. The zero-order valence-corrected chi connectivity index (χ0v) is 18.1. The van der Waals surface area contributed by atoms with E-state index in [1.165, 1.54) is 21.1 Å². The van der Waals surface area contributed by atoms with Crippen LogP contribution in [0.5, 0.6) is 0 Å². The van der Waals surface area contributed by atoms with Gasteiger partial charge in [0.25, 0.3) is 5.91 Å². The molecule has 2 fully saturated rings. The van der Waals surface area contributed by atoms with Gasteiger partial charge in [-0.2, -0.15) is 0 Å². The predicted octanol–water partition coefficient (Wildman–Crippen LogP) is 3.48. The Morgan fingerprint density at radius 2 is 2.10 bits per heavy atom. The van der Waals surface area contributed by atoms with Gasteiger partial charge in [-0.25, -0.2) is 4.79 Å². The number of aromatic nitrogens is 2. The number of rotatable bonds is 7. The van der Waals surface area contributed by atoms with Gasteiger partial charge in [-0.3, -0.25) is 14.5 Å². The van der Waals surface area contributed by atoms with Crippen molar-refractivity contribution in [2.45, 2.75) is 54.2 Å². The topological polar surface area (TPSA) is 104 Å². The maximum atomic E-state index is 12.7. The van der Waals surface area contributed by atoms with Crippen molar-refractivity contribution in [3.8, 4) is 0 Å². The lowest BCUT2D eigenvalue weighted by atomic mass is 9.82. The van der Waals surface area contributed by atoms with Crippen LogP contribution in [0.2, 0.25) is 0 Å². The smallest absolute Gasteiger partial charge is 0.323 e. The number of carbonyl (C=O) groups excluding carboxylic acids is 3. The Hall–Kier alpha value is -1.98. The Morgan fingerprint density at radius 1 is 1.28 bits per heavy atom. The van der Waals surface area contributed by atoms with E-state index in [0.717, 1.165) is 29.4 Å². The van der Waals surface area contributed by atoms with Crippen molar-refractivity contribution in [1.29, 1.82) is 0 Å². The molecular formula is C18H21N5O3S3. The van der Waals surface area contributed by atoms with Gasteiger partial charge in [-0.15, -0.1) is 21.5 Å². The molecule has 3 heterocycles. The molecule has 8 nitrogen and oxygen atoms in total. The fourth-order valence-corrected chi connectivity index (χ4v) is 6.16. The summed E-state index contributed by atoms with van der Waals surface area (Å²) in [7, 11) is 0. The summed E-state index contributed by atoms with van der Waals surface area (Å²) in [5, 5.41) is 16.1. The average Bonchev–Trinajstić information content (AvgIpc) is 3.42. The standard InChI is InChI=1S/C18H21N5O3S3/c24-13(19-15-21-22-17(29-15)28-11-12-5-4-10-27-12)6-9-23-14(25)18(20-16(23)26)7-2-1-3-8-18/h4-5,10H,1-3,6-9,11H2,(H,20,26)(H,19,21,24). The summed E-state index contributed by atoms with van der Waals surface area (Å²) in [6.45, 7) is 0.0665. The van der Waals surface area contributed by atoms with Crippen LogP contribution in [0.25, 0.3) is 0 Å². The SMILES string of the molecule is O=C(CCN1C(=O)NC2(CCCCC2)C1=O)Nc1nnc(SCc2cccs2)s1. The van der Waals surface area contributed by atoms with E-state index in [1.807, 2.05) is 11.4 Å². The Bertz CT molecular complexity index is 892. The number of thioether (sulfide) groups is 1. The molecule has 0 radical (unpaired) electrons. The fraction of sp³-hybridized carbons (Fsp3) is 0.500. The molecular weight excluding hydrogens is 430 g/mol. The molecule has 29 heavy (non-hydrogen) atoms. The van der Waals surface area contributed by atoms with E-state index in [1.54, 1.807) is 23.1 Å². The van der Waals surface area contributed by atoms with Crippen LogP contribution >= 0.6 is 34.4 Å². The first-order valence-electron chi connectivity index (χ1n) is 9.48. The molecule has 4 rings (SSSR count). The number of imide groups is 1. The normalized spacial score (nSPS) is 18.3. The van der Waals surface area contributed by atoms with E-state index in [0.29, 0.717) is 18.0 Å². The van der Waals surface area contributed by atoms with Gasteiger partial charge in [-0.1, -0.05) is 48.4 Å². The van der Waals surface area contributed by atoms with E-state index < -0.39 is 11.6 Å². The summed E-state index contributed by atoms with van der Waals surface area (Å²) >= 11 is 4.57. The fourth-order valence-electron chi connectivity index (χ4n) is 3.61. The van der Waals surface area contributed by atoms with Gasteiger partial charge in [0.2, 0.25) is 11.0 Å². The highest BCUT2D eigenvalue weighted by Crippen LogP contribution is 2.34. The summed E-state index contributed by atoms with van der Waals surface area (Å²) in [4.78, 5) is 39.6. The van der Waals surface area contributed by atoms with E-state index >= 15 is 0 Å². The number of carbonyl (C=O) groups is 3. The Morgan fingerprint density at radius 3 is 2.86 bits per heavy atom. The van der Waals surface area contributed by atoms with Crippen molar-refractivity contribution in [2.75, 3.05) is 11.9 Å². The van der Waals surface area contributed by atoms with E-state index in [9.17, 15) is 14.4 Å². The second-order valence-corrected chi connectivity index (χ2v) is 10.3. The molecule has 2 N–H and O–H groups in total. The largest absolute Gasteiger partial charge is 0.325 e. The molecule has 0 aromatic carbocycles. The zero-order chi connectivity index (χ0) is 20.3. The first-order valence-corrected chi connectivity index (χ1v) is 12.2. The van der Waals surface area contributed by atoms with Crippen LogP contribution in [0, 0.1) is 0 Å². The van der Waals surface area contributed by atoms with Gasteiger partial charge >= 0.3 is 6.03 Å². The molecule has 1 spiro atoms. The van der Waals surface area contributed by atoms with Crippen molar-refractivity contribution in [2.24, 2.45) is 0 Å². The first-order chi connectivity index (χ1) is 14.1. The minimum absolute atomic E-state index is 0.0342. The highest BCUT2D eigenvalue weighted by molar-refractivity contribution is 8.00. The van der Waals surface area contributed by atoms with E-state index in [-0.39, 0.29) is 24.8 Å².